The van der Waals surface area contributed by atoms with Gasteiger partial charge in [0.2, 0.25) is 0 Å². The van der Waals surface area contributed by atoms with Gasteiger partial charge in [0.25, 0.3) is 0 Å². The van der Waals surface area contributed by atoms with E-state index in [-0.39, 0.29) is 19.0 Å². The quantitative estimate of drug-likeness (QED) is 0.0539. The Balaban J connectivity index is 1.62. The van der Waals surface area contributed by atoms with Crippen LogP contribution in [0, 0.1) is 0 Å². The number of carbonyl (C=O) groups excluding carboxylic acids is 1. The third-order valence-electron chi connectivity index (χ3n) is 8.23. The number of esters is 1. The molecule has 0 spiro atoms. The van der Waals surface area contributed by atoms with Crippen molar-refractivity contribution in [2.45, 2.75) is 137 Å². The molecule has 9 N–H and O–H groups in total. The number of carbonyl (C=O) groups is 1. The fourth-order valence-electron chi connectivity index (χ4n) is 5.50. The van der Waals surface area contributed by atoms with Gasteiger partial charge in [-0.15, -0.1) is 0 Å². The molecule has 0 aliphatic carbocycles. The van der Waals surface area contributed by atoms with Crippen molar-refractivity contribution in [2.24, 2.45) is 0 Å². The molecule has 17 nitrogen and oxygen atoms in total. The molecule has 0 aromatic rings. The minimum atomic E-state index is -1.79. The lowest BCUT2D eigenvalue weighted by Gasteiger charge is -2.48. The van der Waals surface area contributed by atoms with Crippen LogP contribution in [0.2, 0.25) is 0 Å². The van der Waals surface area contributed by atoms with Crippen molar-refractivity contribution in [3.8, 4) is 0 Å². The SMILES string of the molecule is COC(=O)CCCCCCCCO[C@H]1O[C@H](CO)[C@@H](O)[C@H](O[C@H]2O[C@H](CO)[C@@H](O)[C@H](O)[C@H]2O[C@H]2O[C@H](CO)[C@H](O)C[C@H]2O)[C@H]1O. The van der Waals surface area contributed by atoms with E-state index in [2.05, 4.69) is 4.74 Å². The molecule has 3 rings (SSSR count). The van der Waals surface area contributed by atoms with Crippen molar-refractivity contribution < 1.29 is 83.9 Å². The van der Waals surface area contributed by atoms with E-state index in [4.69, 9.17) is 28.4 Å². The molecule has 0 unspecified atom stereocenters. The van der Waals surface area contributed by atoms with Crippen LogP contribution in [0.25, 0.3) is 0 Å². The number of hydrogen-bond donors (Lipinski definition) is 9. The maximum absolute atomic E-state index is 11.2. The van der Waals surface area contributed by atoms with Gasteiger partial charge in [-0.3, -0.25) is 4.79 Å². The van der Waals surface area contributed by atoms with Gasteiger partial charge in [-0.25, -0.2) is 0 Å². The van der Waals surface area contributed by atoms with Crippen molar-refractivity contribution >= 4 is 5.97 Å². The maximum Gasteiger partial charge on any atom is 0.305 e. The van der Waals surface area contributed by atoms with E-state index in [0.717, 1.165) is 32.1 Å². The van der Waals surface area contributed by atoms with Crippen LogP contribution < -0.4 is 0 Å². The number of unbranched alkanes of at least 4 members (excludes halogenated alkanes) is 5. The Morgan fingerprint density at radius 1 is 0.622 bits per heavy atom. The molecule has 3 heterocycles. The van der Waals surface area contributed by atoms with Gasteiger partial charge in [-0.05, 0) is 12.8 Å². The van der Waals surface area contributed by atoms with Crippen molar-refractivity contribution in [3.63, 3.8) is 0 Å². The first kappa shape index (κ1) is 38.3. The van der Waals surface area contributed by atoms with E-state index in [1.807, 2.05) is 0 Å². The molecular weight excluding hydrogens is 608 g/mol. The Morgan fingerprint density at radius 2 is 1.18 bits per heavy atom. The summed E-state index contributed by atoms with van der Waals surface area (Å²) < 4.78 is 38.5. The summed E-state index contributed by atoms with van der Waals surface area (Å²) in [5.74, 6) is -0.239. The predicted molar refractivity (Wildman–Crippen MR) is 148 cm³/mol. The summed E-state index contributed by atoms with van der Waals surface area (Å²) in [6.07, 6.45) is -15.8. The molecule has 0 aromatic carbocycles. The molecule has 3 fully saturated rings. The Labute approximate surface area is 261 Å². The van der Waals surface area contributed by atoms with Gasteiger partial charge in [-0.2, -0.15) is 0 Å². The lowest BCUT2D eigenvalue weighted by Crippen LogP contribution is -2.66. The lowest BCUT2D eigenvalue weighted by molar-refractivity contribution is -0.384. The topological polar surface area (TPSA) is 264 Å². The van der Waals surface area contributed by atoms with Crippen LogP contribution in [0.3, 0.4) is 0 Å². The third-order valence-corrected chi connectivity index (χ3v) is 8.23. The Kier molecular flexibility index (Phi) is 16.2. The van der Waals surface area contributed by atoms with Crippen LogP contribution in [0.4, 0.5) is 0 Å². The summed E-state index contributed by atoms with van der Waals surface area (Å²) in [5, 5.41) is 92.7. The van der Waals surface area contributed by atoms with E-state index in [0.29, 0.717) is 12.8 Å². The van der Waals surface area contributed by atoms with E-state index in [1.165, 1.54) is 7.11 Å². The molecule has 0 radical (unpaired) electrons. The van der Waals surface area contributed by atoms with Crippen LogP contribution in [0.5, 0.6) is 0 Å². The Morgan fingerprint density at radius 3 is 1.82 bits per heavy atom. The molecule has 0 bridgehead atoms. The van der Waals surface area contributed by atoms with Gasteiger partial charge in [0.15, 0.2) is 18.9 Å². The number of methoxy groups -OCH3 is 1. The monoisotopic (exact) mass is 658 g/mol. The highest BCUT2D eigenvalue weighted by Gasteiger charge is 2.53. The molecule has 17 heteroatoms. The first-order valence-corrected chi connectivity index (χ1v) is 15.4. The first-order chi connectivity index (χ1) is 21.6. The largest absolute Gasteiger partial charge is 0.469 e. The van der Waals surface area contributed by atoms with E-state index < -0.39 is 106 Å². The second kappa shape index (κ2) is 19.0. The van der Waals surface area contributed by atoms with Crippen LogP contribution in [0.15, 0.2) is 0 Å². The van der Waals surface area contributed by atoms with Gasteiger partial charge in [0.05, 0.1) is 33.0 Å². The smallest absolute Gasteiger partial charge is 0.305 e. The van der Waals surface area contributed by atoms with E-state index in [9.17, 15) is 50.8 Å². The van der Waals surface area contributed by atoms with Gasteiger partial charge in [-0.1, -0.05) is 25.7 Å². The summed E-state index contributed by atoms with van der Waals surface area (Å²) in [5.41, 5.74) is 0. The van der Waals surface area contributed by atoms with E-state index in [1.54, 1.807) is 0 Å². The van der Waals surface area contributed by atoms with Crippen molar-refractivity contribution in [1.29, 1.82) is 0 Å². The van der Waals surface area contributed by atoms with Crippen molar-refractivity contribution in [1.82, 2.24) is 0 Å². The Hall–Kier alpha value is -1.13. The number of aliphatic hydroxyl groups is 9. The average molecular weight is 659 g/mol. The highest BCUT2D eigenvalue weighted by Crippen LogP contribution is 2.33. The summed E-state index contributed by atoms with van der Waals surface area (Å²) in [6.45, 7) is -1.85. The van der Waals surface area contributed by atoms with Crippen molar-refractivity contribution in [2.75, 3.05) is 33.5 Å². The zero-order chi connectivity index (χ0) is 33.1. The molecule has 0 saturated carbocycles. The summed E-state index contributed by atoms with van der Waals surface area (Å²) in [6, 6.07) is 0. The molecule has 0 aromatic heterocycles. The molecule has 264 valence electrons. The standard InChI is InChI=1S/C28H50O17/c1-39-19(34)8-6-4-2-3-5-7-9-40-27-23(38)24(21(36)18(13-31)42-27)44-28-25(22(37)20(35)17(12-30)43-28)45-26-15(33)10-14(32)16(11-29)41-26/h14-18,20-33,35-38H,2-13H2,1H3/t14-,15-,16-,17-,18-,20-,21-,22+,23-,24+,25-,26-,27+,28-/m1/s1. The number of rotatable bonds is 17. The molecular formula is C28H50O17. The predicted octanol–water partition coefficient (Wildman–Crippen LogP) is -3.62. The van der Waals surface area contributed by atoms with Gasteiger partial charge >= 0.3 is 5.97 Å². The Bertz CT molecular complexity index is 852. The highest BCUT2D eigenvalue weighted by molar-refractivity contribution is 5.68. The average Bonchev–Trinajstić information content (AvgIpc) is 3.03. The number of ether oxygens (including phenoxy) is 7. The molecule has 45 heavy (non-hydrogen) atoms. The molecule has 3 saturated heterocycles. The first-order valence-electron chi connectivity index (χ1n) is 15.4. The van der Waals surface area contributed by atoms with Gasteiger partial charge < -0.3 is 79.1 Å². The van der Waals surface area contributed by atoms with Crippen LogP contribution in [0.1, 0.15) is 51.4 Å². The number of hydrogen-bond acceptors (Lipinski definition) is 17. The zero-order valence-electron chi connectivity index (χ0n) is 25.4. The normalized spacial score (nSPS) is 40.8. The van der Waals surface area contributed by atoms with Crippen LogP contribution in [-0.4, -0.2) is 171 Å². The fraction of sp³-hybridized carbons (Fsp3) is 0.964. The third kappa shape index (κ3) is 10.4. The highest BCUT2D eigenvalue weighted by atomic mass is 16.8. The fourth-order valence-corrected chi connectivity index (χ4v) is 5.50. The molecule has 3 aliphatic heterocycles. The summed E-state index contributed by atoms with van der Waals surface area (Å²) in [7, 11) is 1.35. The van der Waals surface area contributed by atoms with Crippen LogP contribution in [-0.2, 0) is 38.0 Å². The van der Waals surface area contributed by atoms with Crippen molar-refractivity contribution in [3.05, 3.63) is 0 Å². The minimum absolute atomic E-state index is 0.169. The zero-order valence-corrected chi connectivity index (χ0v) is 25.4. The summed E-state index contributed by atoms with van der Waals surface area (Å²) in [4.78, 5) is 11.2. The number of aliphatic hydroxyl groups excluding tert-OH is 9. The maximum atomic E-state index is 11.2. The molecule has 0 amide bonds. The van der Waals surface area contributed by atoms with E-state index >= 15 is 0 Å². The second-order valence-corrected chi connectivity index (χ2v) is 11.5. The van der Waals surface area contributed by atoms with Crippen LogP contribution >= 0.6 is 0 Å². The molecule has 3 aliphatic rings. The molecule has 14 atom stereocenters. The lowest BCUT2D eigenvalue weighted by atomic mass is 9.96. The summed E-state index contributed by atoms with van der Waals surface area (Å²) >= 11 is 0. The second-order valence-electron chi connectivity index (χ2n) is 11.5. The van der Waals surface area contributed by atoms with Gasteiger partial charge in [0.1, 0.15) is 61.0 Å². The van der Waals surface area contributed by atoms with Gasteiger partial charge in [0, 0.05) is 19.4 Å². The minimum Gasteiger partial charge on any atom is -0.469 e.